The van der Waals surface area contributed by atoms with Crippen molar-refractivity contribution < 1.29 is 0 Å². The Kier molecular flexibility index (Phi) is 2.88. The van der Waals surface area contributed by atoms with E-state index in [2.05, 4.69) is 13.8 Å². The summed E-state index contributed by atoms with van der Waals surface area (Å²) in [7, 11) is 0. The van der Waals surface area contributed by atoms with Crippen LogP contribution in [0.4, 0.5) is 0 Å². The van der Waals surface area contributed by atoms with E-state index >= 15 is 0 Å². The zero-order chi connectivity index (χ0) is 10.2. The lowest BCUT2D eigenvalue weighted by atomic mass is 9.73. The SMILES string of the molecule is CC1(C)CCCC1C(N)C1CCCC1. The van der Waals surface area contributed by atoms with Crippen LogP contribution in [0.2, 0.25) is 0 Å². The molecule has 2 saturated carbocycles. The molecule has 1 heteroatoms. The molecule has 2 unspecified atom stereocenters. The van der Waals surface area contributed by atoms with Crippen LogP contribution in [-0.2, 0) is 0 Å². The molecule has 0 heterocycles. The Morgan fingerprint density at radius 3 is 2.21 bits per heavy atom. The van der Waals surface area contributed by atoms with Crippen LogP contribution in [-0.4, -0.2) is 6.04 Å². The lowest BCUT2D eigenvalue weighted by Gasteiger charge is -2.35. The minimum atomic E-state index is 0.495. The zero-order valence-electron chi connectivity index (χ0n) is 9.76. The normalized spacial score (nSPS) is 34.9. The molecule has 2 atom stereocenters. The van der Waals surface area contributed by atoms with E-state index in [4.69, 9.17) is 5.73 Å². The third-order valence-electron chi connectivity index (χ3n) is 4.75. The number of rotatable bonds is 2. The summed E-state index contributed by atoms with van der Waals surface area (Å²) >= 11 is 0. The van der Waals surface area contributed by atoms with Crippen LogP contribution in [0.1, 0.15) is 58.8 Å². The molecule has 0 radical (unpaired) electrons. The maximum Gasteiger partial charge on any atom is 0.0101 e. The maximum absolute atomic E-state index is 6.46. The van der Waals surface area contributed by atoms with Gasteiger partial charge in [0.2, 0.25) is 0 Å². The Bertz CT molecular complexity index is 191. The highest BCUT2D eigenvalue weighted by Gasteiger charge is 2.41. The number of nitrogens with two attached hydrogens (primary N) is 1. The van der Waals surface area contributed by atoms with Gasteiger partial charge in [-0.1, -0.05) is 33.1 Å². The summed E-state index contributed by atoms with van der Waals surface area (Å²) < 4.78 is 0. The van der Waals surface area contributed by atoms with Crippen LogP contribution in [0, 0.1) is 17.3 Å². The molecule has 0 aliphatic heterocycles. The Hall–Kier alpha value is -0.0400. The summed E-state index contributed by atoms with van der Waals surface area (Å²) in [6.07, 6.45) is 9.80. The Balaban J connectivity index is 1.99. The summed E-state index contributed by atoms with van der Waals surface area (Å²) in [6.45, 7) is 4.83. The van der Waals surface area contributed by atoms with Gasteiger partial charge in [0.1, 0.15) is 0 Å². The van der Waals surface area contributed by atoms with Gasteiger partial charge >= 0.3 is 0 Å². The lowest BCUT2D eigenvalue weighted by molar-refractivity contribution is 0.182. The molecule has 14 heavy (non-hydrogen) atoms. The molecule has 0 aromatic rings. The number of hydrogen-bond donors (Lipinski definition) is 1. The second-order valence-electron chi connectivity index (χ2n) is 6.11. The van der Waals surface area contributed by atoms with Crippen molar-refractivity contribution in [3.05, 3.63) is 0 Å². The second kappa shape index (κ2) is 3.84. The summed E-state index contributed by atoms with van der Waals surface area (Å²) in [5.74, 6) is 1.64. The highest BCUT2D eigenvalue weighted by Crippen LogP contribution is 2.47. The Morgan fingerprint density at radius 1 is 1.07 bits per heavy atom. The van der Waals surface area contributed by atoms with E-state index in [0.717, 1.165) is 11.8 Å². The van der Waals surface area contributed by atoms with Gasteiger partial charge in [-0.05, 0) is 42.9 Å². The fraction of sp³-hybridized carbons (Fsp3) is 1.00. The monoisotopic (exact) mass is 195 g/mol. The van der Waals surface area contributed by atoms with Gasteiger partial charge in [-0.2, -0.15) is 0 Å². The van der Waals surface area contributed by atoms with Crippen molar-refractivity contribution in [3.8, 4) is 0 Å². The summed E-state index contributed by atoms with van der Waals surface area (Å²) in [5, 5.41) is 0. The van der Waals surface area contributed by atoms with E-state index in [9.17, 15) is 0 Å². The fourth-order valence-electron chi connectivity index (χ4n) is 3.74. The van der Waals surface area contributed by atoms with Crippen molar-refractivity contribution >= 4 is 0 Å². The third-order valence-corrected chi connectivity index (χ3v) is 4.75. The molecule has 0 aromatic carbocycles. The standard InChI is InChI=1S/C13H25N/c1-13(2)9-5-8-11(13)12(14)10-6-3-4-7-10/h10-12H,3-9,14H2,1-2H3. The van der Waals surface area contributed by atoms with Crippen LogP contribution in [0.5, 0.6) is 0 Å². The van der Waals surface area contributed by atoms with E-state index in [1.165, 1.54) is 44.9 Å². The molecule has 0 saturated heterocycles. The minimum absolute atomic E-state index is 0.495. The molecule has 0 spiro atoms. The molecule has 2 aliphatic carbocycles. The van der Waals surface area contributed by atoms with Crippen molar-refractivity contribution in [2.75, 3.05) is 0 Å². The Labute approximate surface area is 88.4 Å². The zero-order valence-corrected chi connectivity index (χ0v) is 9.76. The minimum Gasteiger partial charge on any atom is -0.327 e. The van der Waals surface area contributed by atoms with E-state index < -0.39 is 0 Å². The van der Waals surface area contributed by atoms with Crippen molar-refractivity contribution in [1.82, 2.24) is 0 Å². The maximum atomic E-state index is 6.46. The van der Waals surface area contributed by atoms with Crippen LogP contribution in [0.15, 0.2) is 0 Å². The predicted octanol–water partition coefficient (Wildman–Crippen LogP) is 3.33. The quantitative estimate of drug-likeness (QED) is 0.718. The first-order chi connectivity index (χ1) is 6.61. The summed E-state index contributed by atoms with van der Waals surface area (Å²) in [4.78, 5) is 0. The van der Waals surface area contributed by atoms with Gasteiger partial charge in [-0.25, -0.2) is 0 Å². The highest BCUT2D eigenvalue weighted by atomic mass is 14.7. The first-order valence-corrected chi connectivity index (χ1v) is 6.37. The molecule has 0 aromatic heterocycles. The van der Waals surface area contributed by atoms with Gasteiger partial charge in [0, 0.05) is 6.04 Å². The van der Waals surface area contributed by atoms with Crippen molar-refractivity contribution in [2.45, 2.75) is 64.8 Å². The van der Waals surface area contributed by atoms with E-state index in [1.54, 1.807) is 0 Å². The topological polar surface area (TPSA) is 26.0 Å². The average Bonchev–Trinajstić information content (AvgIpc) is 2.71. The van der Waals surface area contributed by atoms with Crippen molar-refractivity contribution in [2.24, 2.45) is 23.0 Å². The molecule has 2 aliphatic rings. The van der Waals surface area contributed by atoms with Gasteiger partial charge in [0.05, 0.1) is 0 Å². The highest BCUT2D eigenvalue weighted by molar-refractivity contribution is 4.94. The predicted molar refractivity (Wildman–Crippen MR) is 61.1 cm³/mol. The van der Waals surface area contributed by atoms with E-state index in [-0.39, 0.29) is 0 Å². The molecular formula is C13H25N. The van der Waals surface area contributed by atoms with Crippen LogP contribution >= 0.6 is 0 Å². The molecule has 0 bridgehead atoms. The average molecular weight is 195 g/mol. The first kappa shape index (κ1) is 10.5. The lowest BCUT2D eigenvalue weighted by Crippen LogP contribution is -2.41. The molecule has 2 rings (SSSR count). The molecule has 1 nitrogen and oxygen atoms in total. The summed E-state index contributed by atoms with van der Waals surface area (Å²) in [6, 6.07) is 0.495. The van der Waals surface area contributed by atoms with Crippen LogP contribution in [0.25, 0.3) is 0 Å². The molecule has 0 amide bonds. The summed E-state index contributed by atoms with van der Waals surface area (Å²) in [5.41, 5.74) is 6.98. The van der Waals surface area contributed by atoms with Crippen LogP contribution < -0.4 is 5.73 Å². The first-order valence-electron chi connectivity index (χ1n) is 6.37. The van der Waals surface area contributed by atoms with Gasteiger partial charge in [-0.3, -0.25) is 0 Å². The largest absolute Gasteiger partial charge is 0.327 e. The molecule has 82 valence electrons. The smallest absolute Gasteiger partial charge is 0.0101 e. The van der Waals surface area contributed by atoms with Crippen LogP contribution in [0.3, 0.4) is 0 Å². The third kappa shape index (κ3) is 1.84. The van der Waals surface area contributed by atoms with Crippen molar-refractivity contribution in [1.29, 1.82) is 0 Å². The molecule has 2 fully saturated rings. The van der Waals surface area contributed by atoms with Gasteiger partial charge in [0.15, 0.2) is 0 Å². The van der Waals surface area contributed by atoms with Gasteiger partial charge < -0.3 is 5.73 Å². The van der Waals surface area contributed by atoms with E-state index in [1.807, 2.05) is 0 Å². The Morgan fingerprint density at radius 2 is 1.71 bits per heavy atom. The van der Waals surface area contributed by atoms with E-state index in [0.29, 0.717) is 11.5 Å². The van der Waals surface area contributed by atoms with Crippen molar-refractivity contribution in [3.63, 3.8) is 0 Å². The second-order valence-corrected chi connectivity index (χ2v) is 6.11. The number of hydrogen-bond acceptors (Lipinski definition) is 1. The fourth-order valence-corrected chi connectivity index (χ4v) is 3.74. The van der Waals surface area contributed by atoms with Gasteiger partial charge in [-0.15, -0.1) is 0 Å². The molecule has 2 N–H and O–H groups in total. The molecular weight excluding hydrogens is 170 g/mol. The van der Waals surface area contributed by atoms with Gasteiger partial charge in [0.25, 0.3) is 0 Å².